The van der Waals surface area contributed by atoms with Gasteiger partial charge in [0.05, 0.1) is 6.61 Å². The number of anilines is 1. The molecule has 1 saturated heterocycles. The van der Waals surface area contributed by atoms with Gasteiger partial charge in [-0.25, -0.2) is 9.78 Å². The highest BCUT2D eigenvalue weighted by atomic mass is 16.4. The third-order valence-corrected chi connectivity index (χ3v) is 8.57. The number of amides is 1. The molecule has 3 heterocycles. The second-order valence-electron chi connectivity index (χ2n) is 11.2. The Balaban J connectivity index is 0.000000174. The monoisotopic (exact) mass is 500 g/mol. The average molecular weight is 501 g/mol. The van der Waals surface area contributed by atoms with E-state index in [1.54, 1.807) is 0 Å². The zero-order chi connectivity index (χ0) is 25.4. The molecule has 0 radical (unpaired) electrons. The minimum atomic E-state index is -1.18. The molecule has 2 aliphatic carbocycles. The highest BCUT2D eigenvalue weighted by molar-refractivity contribution is 5.88. The van der Waals surface area contributed by atoms with Gasteiger partial charge in [0.15, 0.2) is 0 Å². The van der Waals surface area contributed by atoms with Crippen molar-refractivity contribution in [3.63, 3.8) is 0 Å². The number of nitrogens with one attached hydrogen (secondary N) is 2. The van der Waals surface area contributed by atoms with Crippen LogP contribution in [0.15, 0.2) is 12.1 Å². The Morgan fingerprint density at radius 2 is 1.92 bits per heavy atom. The van der Waals surface area contributed by atoms with Gasteiger partial charge in [-0.05, 0) is 114 Å². The molecular weight excluding hydrogens is 456 g/mol. The first-order valence-electron chi connectivity index (χ1n) is 14.1. The summed E-state index contributed by atoms with van der Waals surface area (Å²) in [7, 11) is 0. The molecule has 36 heavy (non-hydrogen) atoms. The quantitative estimate of drug-likeness (QED) is 0.384. The molecule has 1 amide bonds. The van der Waals surface area contributed by atoms with E-state index in [-0.39, 0.29) is 11.3 Å². The van der Waals surface area contributed by atoms with E-state index >= 15 is 0 Å². The first-order valence-corrected chi connectivity index (χ1v) is 14.1. The van der Waals surface area contributed by atoms with E-state index in [4.69, 9.17) is 15.2 Å². The molecule has 4 aliphatic rings. The lowest BCUT2D eigenvalue weighted by Gasteiger charge is -2.26. The Morgan fingerprint density at radius 3 is 2.58 bits per heavy atom. The van der Waals surface area contributed by atoms with E-state index in [9.17, 15) is 9.59 Å². The number of likely N-dealkylation sites (tertiary alicyclic amines) is 1. The maximum Gasteiger partial charge on any atom is 0.328 e. The summed E-state index contributed by atoms with van der Waals surface area (Å²) in [6.45, 7) is 4.45. The second-order valence-corrected chi connectivity index (χ2v) is 11.2. The number of unbranched alkanes of at least 4 members (excludes halogenated alkanes) is 1. The SMILES string of the molecule is O=C(O)C(CO)NC(=O)C12CCC(CC1)C2.c1cc2c(nc1CCCCN1CCCCC1)NCCC2. The summed E-state index contributed by atoms with van der Waals surface area (Å²) < 4.78 is 0. The summed E-state index contributed by atoms with van der Waals surface area (Å²) in [4.78, 5) is 30.1. The minimum absolute atomic E-state index is 0.186. The van der Waals surface area contributed by atoms with E-state index in [1.165, 1.54) is 75.8 Å². The van der Waals surface area contributed by atoms with E-state index in [2.05, 4.69) is 27.7 Å². The number of aliphatic hydroxyl groups excluding tert-OH is 1. The maximum absolute atomic E-state index is 12.0. The number of nitrogens with zero attached hydrogens (tertiary/aromatic N) is 2. The van der Waals surface area contributed by atoms with Crippen molar-refractivity contribution in [2.24, 2.45) is 11.3 Å². The Kier molecular flexibility index (Phi) is 9.60. The Hall–Kier alpha value is -2.19. The van der Waals surface area contributed by atoms with Crippen molar-refractivity contribution in [2.45, 2.75) is 89.5 Å². The van der Waals surface area contributed by atoms with Gasteiger partial charge < -0.3 is 25.7 Å². The van der Waals surface area contributed by atoms with Gasteiger partial charge in [-0.15, -0.1) is 0 Å². The Bertz CT molecular complexity index is 878. The van der Waals surface area contributed by atoms with Crippen molar-refractivity contribution >= 4 is 17.7 Å². The fourth-order valence-electron chi connectivity index (χ4n) is 6.34. The largest absolute Gasteiger partial charge is 0.480 e. The molecule has 1 atom stereocenters. The number of rotatable bonds is 9. The van der Waals surface area contributed by atoms with E-state index < -0.39 is 18.6 Å². The van der Waals surface area contributed by atoms with Gasteiger partial charge >= 0.3 is 5.97 Å². The highest BCUT2D eigenvalue weighted by Crippen LogP contribution is 2.54. The molecule has 2 saturated carbocycles. The number of carbonyl (C=O) groups is 2. The van der Waals surface area contributed by atoms with Crippen molar-refractivity contribution < 1.29 is 19.8 Å². The summed E-state index contributed by atoms with van der Waals surface area (Å²) in [5, 5.41) is 23.5. The zero-order valence-electron chi connectivity index (χ0n) is 21.6. The molecule has 8 nitrogen and oxygen atoms in total. The maximum atomic E-state index is 12.0. The van der Waals surface area contributed by atoms with Gasteiger partial charge in [0.2, 0.25) is 5.91 Å². The van der Waals surface area contributed by atoms with Crippen LogP contribution in [0.25, 0.3) is 0 Å². The van der Waals surface area contributed by atoms with Crippen molar-refractivity contribution in [3.05, 3.63) is 23.4 Å². The summed E-state index contributed by atoms with van der Waals surface area (Å²) in [5.74, 6) is 0.418. The van der Waals surface area contributed by atoms with Crippen LogP contribution in [0.4, 0.5) is 5.82 Å². The molecule has 2 aliphatic heterocycles. The van der Waals surface area contributed by atoms with Crippen LogP contribution in [0.3, 0.4) is 0 Å². The molecule has 1 unspecified atom stereocenters. The number of aliphatic carboxylic acids is 1. The van der Waals surface area contributed by atoms with Crippen molar-refractivity contribution in [3.8, 4) is 0 Å². The molecule has 5 rings (SSSR count). The first-order chi connectivity index (χ1) is 17.5. The topological polar surface area (TPSA) is 115 Å². The minimum Gasteiger partial charge on any atom is -0.480 e. The van der Waals surface area contributed by atoms with Crippen LogP contribution < -0.4 is 10.6 Å². The molecule has 0 spiro atoms. The number of hydrogen-bond acceptors (Lipinski definition) is 6. The van der Waals surface area contributed by atoms with Crippen LogP contribution in [0, 0.1) is 11.3 Å². The summed E-state index contributed by atoms with van der Waals surface area (Å²) in [6, 6.07) is 3.34. The third-order valence-electron chi connectivity index (χ3n) is 8.57. The molecule has 0 aromatic carbocycles. The number of aromatic nitrogens is 1. The fourth-order valence-corrected chi connectivity index (χ4v) is 6.34. The lowest BCUT2D eigenvalue weighted by molar-refractivity contribution is -0.145. The number of aryl methyl sites for hydroxylation is 2. The normalized spacial score (nSPS) is 25.8. The van der Waals surface area contributed by atoms with Gasteiger partial charge in [-0.2, -0.15) is 0 Å². The third kappa shape index (κ3) is 6.97. The van der Waals surface area contributed by atoms with Crippen LogP contribution in [0.5, 0.6) is 0 Å². The molecule has 1 aromatic heterocycles. The van der Waals surface area contributed by atoms with Gasteiger partial charge in [0.25, 0.3) is 0 Å². The molecule has 3 fully saturated rings. The van der Waals surface area contributed by atoms with Gasteiger partial charge in [-0.3, -0.25) is 4.79 Å². The van der Waals surface area contributed by atoms with Crippen LogP contribution >= 0.6 is 0 Å². The van der Waals surface area contributed by atoms with Crippen LogP contribution in [0.2, 0.25) is 0 Å². The number of pyridine rings is 1. The number of carboxylic acid groups (broad SMARTS) is 1. The molecule has 1 aromatic rings. The number of hydrogen-bond donors (Lipinski definition) is 4. The first kappa shape index (κ1) is 26.9. The number of fused-ring (bicyclic) bond motifs is 3. The van der Waals surface area contributed by atoms with Crippen molar-refractivity contribution in [2.75, 3.05) is 38.1 Å². The molecule has 200 valence electrons. The van der Waals surface area contributed by atoms with E-state index in [0.717, 1.165) is 50.9 Å². The molecule has 4 N–H and O–H groups in total. The summed E-state index contributed by atoms with van der Waals surface area (Å²) in [5.41, 5.74) is 2.32. The van der Waals surface area contributed by atoms with Crippen LogP contribution in [0.1, 0.15) is 81.9 Å². The predicted octanol–water partition coefficient (Wildman–Crippen LogP) is 3.38. The Morgan fingerprint density at radius 1 is 1.14 bits per heavy atom. The molecule has 2 bridgehead atoms. The predicted molar refractivity (Wildman–Crippen MR) is 140 cm³/mol. The van der Waals surface area contributed by atoms with E-state index in [1.807, 2.05) is 0 Å². The lowest BCUT2D eigenvalue weighted by atomic mass is 9.83. The summed E-state index contributed by atoms with van der Waals surface area (Å²) in [6.07, 6.45) is 15.1. The standard InChI is InChI=1S/C17H27N3.C11H17NO4/c1-3-12-20(13-4-1)14-5-2-8-16-10-9-15-7-6-11-18-17(15)19-16;13-6-8(9(14)15)12-10(16)11-3-1-7(5-11)2-4-11/h9-10H,1-8,11-14H2,(H,18,19);7-8,13H,1-6H2,(H,12,16)(H,14,15). The van der Waals surface area contributed by atoms with Gasteiger partial charge in [0, 0.05) is 17.7 Å². The molecule has 8 heteroatoms. The zero-order valence-corrected chi connectivity index (χ0v) is 21.6. The average Bonchev–Trinajstić information content (AvgIpc) is 3.53. The fraction of sp³-hybridized carbons (Fsp3) is 0.750. The number of piperidine rings is 1. The van der Waals surface area contributed by atoms with Gasteiger partial charge in [0.1, 0.15) is 11.9 Å². The number of aliphatic hydroxyl groups is 1. The van der Waals surface area contributed by atoms with Gasteiger partial charge in [-0.1, -0.05) is 12.5 Å². The van der Waals surface area contributed by atoms with Crippen molar-refractivity contribution in [1.29, 1.82) is 0 Å². The van der Waals surface area contributed by atoms with Crippen LogP contribution in [-0.2, 0) is 22.4 Å². The highest BCUT2D eigenvalue weighted by Gasteiger charge is 2.50. The van der Waals surface area contributed by atoms with Crippen molar-refractivity contribution in [1.82, 2.24) is 15.2 Å². The second kappa shape index (κ2) is 12.9. The summed E-state index contributed by atoms with van der Waals surface area (Å²) >= 11 is 0. The lowest BCUT2D eigenvalue weighted by Crippen LogP contribution is -2.48. The molecular formula is C28H44N4O4. The van der Waals surface area contributed by atoms with Crippen LogP contribution in [-0.4, -0.2) is 70.8 Å². The number of carboxylic acids is 1. The smallest absolute Gasteiger partial charge is 0.328 e. The van der Waals surface area contributed by atoms with E-state index in [0.29, 0.717) is 5.92 Å². The Labute approximate surface area is 215 Å². The number of carbonyl (C=O) groups excluding carboxylic acids is 1.